The van der Waals surface area contributed by atoms with E-state index in [-0.39, 0.29) is 17.1 Å². The first-order chi connectivity index (χ1) is 14.6. The van der Waals surface area contributed by atoms with Gasteiger partial charge in [-0.15, -0.1) is 0 Å². The molecule has 3 aromatic rings. The Morgan fingerprint density at radius 1 is 1.07 bits per heavy atom. The van der Waals surface area contributed by atoms with E-state index in [4.69, 9.17) is 9.15 Å². The van der Waals surface area contributed by atoms with Crippen molar-refractivity contribution in [3.8, 4) is 5.75 Å². The molecule has 1 aromatic heterocycles. The number of nitrogens with zero attached hydrogens (tertiary/aromatic N) is 1. The summed E-state index contributed by atoms with van der Waals surface area (Å²) < 4.78 is 11.0. The quantitative estimate of drug-likeness (QED) is 0.633. The predicted octanol–water partition coefficient (Wildman–Crippen LogP) is 3.17. The molecule has 2 atom stereocenters. The van der Waals surface area contributed by atoms with Crippen molar-refractivity contribution in [1.82, 2.24) is 4.90 Å². The minimum Gasteiger partial charge on any atom is -0.507 e. The minimum absolute atomic E-state index is 0.0395. The number of hydrogen-bond donors (Lipinski definition) is 1. The van der Waals surface area contributed by atoms with E-state index in [9.17, 15) is 14.7 Å². The standard InChI is InChI=1S/C24H25NO5/c1-16(26)19(15-25-11-13-29-14-12-25)21(17-7-3-2-4-8-17)22-23(27)18-9-5-6-10-20(18)30-24(22)28/h2-10,19,21,27H,11-15H2,1H3/t19-,21+/m0/s1. The monoisotopic (exact) mass is 407 g/mol. The van der Waals surface area contributed by atoms with Crippen LogP contribution in [0, 0.1) is 5.92 Å². The molecule has 0 aliphatic carbocycles. The molecule has 4 rings (SSSR count). The number of Topliss-reactive ketones (excluding diaryl/α,β-unsaturated/α-hetero) is 1. The van der Waals surface area contributed by atoms with E-state index in [1.165, 1.54) is 0 Å². The first-order valence-corrected chi connectivity index (χ1v) is 10.2. The molecule has 6 nitrogen and oxygen atoms in total. The van der Waals surface area contributed by atoms with Crippen molar-refractivity contribution in [2.24, 2.45) is 5.92 Å². The van der Waals surface area contributed by atoms with E-state index in [2.05, 4.69) is 4.90 Å². The Labute approximate surface area is 174 Å². The molecule has 0 spiro atoms. The van der Waals surface area contributed by atoms with Gasteiger partial charge in [0.1, 0.15) is 17.1 Å². The van der Waals surface area contributed by atoms with Crippen LogP contribution in [0.5, 0.6) is 5.75 Å². The number of ether oxygens (including phenoxy) is 1. The molecule has 0 amide bonds. The molecule has 2 heterocycles. The largest absolute Gasteiger partial charge is 0.507 e. The molecule has 30 heavy (non-hydrogen) atoms. The molecular formula is C24H25NO5. The van der Waals surface area contributed by atoms with E-state index in [0.717, 1.165) is 18.7 Å². The molecule has 2 aromatic carbocycles. The van der Waals surface area contributed by atoms with Crippen LogP contribution in [0.2, 0.25) is 0 Å². The average Bonchev–Trinajstić information content (AvgIpc) is 2.76. The third-order valence-corrected chi connectivity index (χ3v) is 5.77. The van der Waals surface area contributed by atoms with Gasteiger partial charge in [-0.3, -0.25) is 9.69 Å². The Hall–Kier alpha value is -2.96. The fraction of sp³-hybridized carbons (Fsp3) is 0.333. The van der Waals surface area contributed by atoms with Crippen LogP contribution in [0.25, 0.3) is 11.0 Å². The fourth-order valence-corrected chi connectivity index (χ4v) is 4.21. The molecule has 156 valence electrons. The minimum atomic E-state index is -0.618. The summed E-state index contributed by atoms with van der Waals surface area (Å²) in [6, 6.07) is 16.3. The molecule has 6 heteroatoms. The van der Waals surface area contributed by atoms with Crippen molar-refractivity contribution in [1.29, 1.82) is 0 Å². The first-order valence-electron chi connectivity index (χ1n) is 10.2. The molecule has 1 aliphatic rings. The average molecular weight is 407 g/mol. The van der Waals surface area contributed by atoms with Gasteiger partial charge < -0.3 is 14.3 Å². The van der Waals surface area contributed by atoms with Crippen LogP contribution in [0.3, 0.4) is 0 Å². The van der Waals surface area contributed by atoms with Gasteiger partial charge in [-0.2, -0.15) is 0 Å². The molecule has 0 radical (unpaired) electrons. The van der Waals surface area contributed by atoms with Crippen LogP contribution in [-0.4, -0.2) is 48.6 Å². The highest BCUT2D eigenvalue weighted by molar-refractivity contribution is 5.86. The Balaban J connectivity index is 1.87. The summed E-state index contributed by atoms with van der Waals surface area (Å²) in [6.45, 7) is 4.70. The third-order valence-electron chi connectivity index (χ3n) is 5.77. The smallest absolute Gasteiger partial charge is 0.343 e. The van der Waals surface area contributed by atoms with Crippen molar-refractivity contribution in [3.05, 3.63) is 76.1 Å². The molecule has 0 bridgehead atoms. The molecule has 1 saturated heterocycles. The van der Waals surface area contributed by atoms with Gasteiger partial charge in [0, 0.05) is 31.5 Å². The first kappa shape index (κ1) is 20.3. The lowest BCUT2D eigenvalue weighted by Gasteiger charge is -2.33. The van der Waals surface area contributed by atoms with Gasteiger partial charge in [-0.1, -0.05) is 42.5 Å². The fourth-order valence-electron chi connectivity index (χ4n) is 4.21. The molecule has 0 unspecified atom stereocenters. The summed E-state index contributed by atoms with van der Waals surface area (Å²) in [5.41, 5.74) is 0.633. The van der Waals surface area contributed by atoms with Crippen molar-refractivity contribution >= 4 is 16.8 Å². The van der Waals surface area contributed by atoms with E-state index >= 15 is 0 Å². The Morgan fingerprint density at radius 2 is 1.73 bits per heavy atom. The number of morpholine rings is 1. The number of fused-ring (bicyclic) bond motifs is 1. The topological polar surface area (TPSA) is 80.0 Å². The van der Waals surface area contributed by atoms with E-state index < -0.39 is 17.5 Å². The van der Waals surface area contributed by atoms with Crippen molar-refractivity contribution < 1.29 is 19.1 Å². The Bertz CT molecular complexity index is 1090. The van der Waals surface area contributed by atoms with Crippen LogP contribution >= 0.6 is 0 Å². The van der Waals surface area contributed by atoms with Gasteiger partial charge >= 0.3 is 5.63 Å². The summed E-state index contributed by atoms with van der Waals surface area (Å²) in [4.78, 5) is 28.0. The van der Waals surface area contributed by atoms with Gasteiger partial charge in [0.25, 0.3) is 0 Å². The van der Waals surface area contributed by atoms with Crippen LogP contribution in [0.4, 0.5) is 0 Å². The van der Waals surface area contributed by atoms with Crippen molar-refractivity contribution in [2.45, 2.75) is 12.8 Å². The lowest BCUT2D eigenvalue weighted by Crippen LogP contribution is -2.43. The van der Waals surface area contributed by atoms with Gasteiger partial charge in [0.15, 0.2) is 0 Å². The number of rotatable bonds is 6. The lowest BCUT2D eigenvalue weighted by atomic mass is 9.78. The number of ketones is 1. The maximum atomic E-state index is 13.0. The van der Waals surface area contributed by atoms with Crippen LogP contribution < -0.4 is 5.63 Å². The van der Waals surface area contributed by atoms with Gasteiger partial charge in [-0.05, 0) is 24.6 Å². The number of para-hydroxylation sites is 1. The second-order valence-electron chi connectivity index (χ2n) is 7.67. The molecule has 0 saturated carbocycles. The summed E-state index contributed by atoms with van der Waals surface area (Å²) in [7, 11) is 0. The lowest BCUT2D eigenvalue weighted by molar-refractivity contribution is -0.122. The number of hydrogen-bond acceptors (Lipinski definition) is 6. The highest BCUT2D eigenvalue weighted by Crippen LogP contribution is 2.39. The molecule has 1 aliphatic heterocycles. The van der Waals surface area contributed by atoms with Gasteiger partial charge in [0.2, 0.25) is 0 Å². The van der Waals surface area contributed by atoms with Crippen LogP contribution in [0.1, 0.15) is 24.0 Å². The highest BCUT2D eigenvalue weighted by Gasteiger charge is 2.35. The SMILES string of the molecule is CC(=O)[C@H](CN1CCOCC1)[C@@H](c1ccccc1)c1c(O)c2ccccc2oc1=O. The zero-order chi connectivity index (χ0) is 21.1. The summed E-state index contributed by atoms with van der Waals surface area (Å²) in [6.07, 6.45) is 0. The van der Waals surface area contributed by atoms with Crippen molar-refractivity contribution in [2.75, 3.05) is 32.8 Å². The van der Waals surface area contributed by atoms with Gasteiger partial charge in [0.05, 0.1) is 24.2 Å². The molecule has 1 N–H and O–H groups in total. The second-order valence-corrected chi connectivity index (χ2v) is 7.67. The summed E-state index contributed by atoms with van der Waals surface area (Å²) >= 11 is 0. The normalized spacial score (nSPS) is 17.0. The van der Waals surface area contributed by atoms with Crippen LogP contribution in [0.15, 0.2) is 63.8 Å². The van der Waals surface area contributed by atoms with E-state index in [1.54, 1.807) is 31.2 Å². The third kappa shape index (κ3) is 4.01. The van der Waals surface area contributed by atoms with Crippen molar-refractivity contribution in [3.63, 3.8) is 0 Å². The van der Waals surface area contributed by atoms with Gasteiger partial charge in [-0.25, -0.2) is 4.79 Å². The maximum Gasteiger partial charge on any atom is 0.343 e. The summed E-state index contributed by atoms with van der Waals surface area (Å²) in [5.74, 6) is -1.29. The summed E-state index contributed by atoms with van der Waals surface area (Å²) in [5, 5.41) is 11.6. The zero-order valence-electron chi connectivity index (χ0n) is 16.9. The highest BCUT2D eigenvalue weighted by atomic mass is 16.5. The number of carbonyl (C=O) groups excluding carboxylic acids is 1. The predicted molar refractivity (Wildman–Crippen MR) is 114 cm³/mol. The Morgan fingerprint density at radius 3 is 2.43 bits per heavy atom. The Kier molecular flexibility index (Phi) is 5.97. The zero-order valence-corrected chi connectivity index (χ0v) is 16.9. The number of carbonyl (C=O) groups is 1. The second kappa shape index (κ2) is 8.81. The van der Waals surface area contributed by atoms with E-state index in [0.29, 0.717) is 30.7 Å². The number of benzene rings is 2. The maximum absolute atomic E-state index is 13.0. The molecular weight excluding hydrogens is 382 g/mol. The van der Waals surface area contributed by atoms with Crippen LogP contribution in [-0.2, 0) is 9.53 Å². The molecule has 1 fully saturated rings. The van der Waals surface area contributed by atoms with E-state index in [1.807, 2.05) is 30.3 Å². The number of aromatic hydroxyl groups is 1.